The highest BCUT2D eigenvalue weighted by molar-refractivity contribution is 5.81. The lowest BCUT2D eigenvalue weighted by molar-refractivity contribution is -0.125. The number of rotatable bonds is 9. The number of carbonyl (C=O) groups is 2. The largest absolute Gasteiger partial charge is 0.351 e. The quantitative estimate of drug-likeness (QED) is 0.712. The van der Waals surface area contributed by atoms with Gasteiger partial charge in [-0.05, 0) is 36.7 Å². The average molecular weight is 371 g/mol. The molecule has 0 aliphatic heterocycles. The van der Waals surface area contributed by atoms with E-state index in [1.807, 2.05) is 38.1 Å². The maximum Gasteiger partial charge on any atom is 0.234 e. The molecule has 2 aromatic rings. The van der Waals surface area contributed by atoms with Crippen LogP contribution in [0.2, 0.25) is 0 Å². The highest BCUT2D eigenvalue weighted by Crippen LogP contribution is 2.03. The first-order chi connectivity index (χ1) is 13.0. The molecule has 2 aromatic carbocycles. The molecule has 0 bridgehead atoms. The Balaban J connectivity index is 1.72. The van der Waals surface area contributed by atoms with E-state index in [2.05, 4.69) is 10.6 Å². The lowest BCUT2D eigenvalue weighted by Gasteiger charge is -2.19. The van der Waals surface area contributed by atoms with E-state index in [1.54, 1.807) is 17.0 Å². The molecule has 0 heterocycles. The molecule has 27 heavy (non-hydrogen) atoms. The van der Waals surface area contributed by atoms with E-state index in [1.165, 1.54) is 17.7 Å². The molecule has 6 heteroatoms. The molecule has 144 valence electrons. The molecule has 0 spiro atoms. The van der Waals surface area contributed by atoms with Crippen molar-refractivity contribution >= 4 is 11.8 Å². The molecule has 2 N–H and O–H groups in total. The maximum atomic E-state index is 12.9. The highest BCUT2D eigenvalue weighted by Gasteiger charge is 2.13. The van der Waals surface area contributed by atoms with Gasteiger partial charge in [-0.2, -0.15) is 0 Å². The lowest BCUT2D eigenvalue weighted by atomic mass is 10.1. The zero-order valence-electron chi connectivity index (χ0n) is 15.8. The van der Waals surface area contributed by atoms with Crippen LogP contribution >= 0.6 is 0 Å². The van der Waals surface area contributed by atoms with E-state index in [0.29, 0.717) is 19.6 Å². The van der Waals surface area contributed by atoms with Crippen LogP contribution in [-0.4, -0.2) is 36.3 Å². The average Bonchev–Trinajstić information content (AvgIpc) is 2.66. The van der Waals surface area contributed by atoms with Gasteiger partial charge in [0.2, 0.25) is 11.8 Å². The number of halogens is 1. The van der Waals surface area contributed by atoms with Gasteiger partial charge in [-0.25, -0.2) is 4.39 Å². The van der Waals surface area contributed by atoms with Gasteiger partial charge < -0.3 is 10.6 Å². The lowest BCUT2D eigenvalue weighted by Crippen LogP contribution is -2.42. The minimum Gasteiger partial charge on any atom is -0.351 e. The Labute approximate surface area is 159 Å². The second-order valence-electron chi connectivity index (χ2n) is 6.47. The van der Waals surface area contributed by atoms with Gasteiger partial charge in [-0.3, -0.25) is 14.5 Å². The van der Waals surface area contributed by atoms with Crippen LogP contribution in [0.1, 0.15) is 23.6 Å². The molecule has 2 rings (SSSR count). The summed E-state index contributed by atoms with van der Waals surface area (Å²) in [5.41, 5.74) is 3.03. The molecule has 0 fully saturated rings. The van der Waals surface area contributed by atoms with Gasteiger partial charge in [0.25, 0.3) is 0 Å². The number of hydrogen-bond donors (Lipinski definition) is 2. The molecule has 0 radical (unpaired) electrons. The summed E-state index contributed by atoms with van der Waals surface area (Å²) in [6.45, 7) is 5.59. The van der Waals surface area contributed by atoms with E-state index in [-0.39, 0.29) is 30.7 Å². The number of amides is 2. The van der Waals surface area contributed by atoms with Crippen LogP contribution in [0.25, 0.3) is 0 Å². The number of likely N-dealkylation sites (N-methyl/N-ethyl adjacent to an activating group) is 1. The van der Waals surface area contributed by atoms with Crippen molar-refractivity contribution < 1.29 is 14.0 Å². The monoisotopic (exact) mass is 371 g/mol. The maximum absolute atomic E-state index is 12.9. The Bertz CT molecular complexity index is 682. The Morgan fingerprint density at radius 2 is 1.30 bits per heavy atom. The van der Waals surface area contributed by atoms with Crippen molar-refractivity contribution in [2.45, 2.75) is 26.9 Å². The first-order valence-corrected chi connectivity index (χ1v) is 9.02. The van der Waals surface area contributed by atoms with Gasteiger partial charge >= 0.3 is 0 Å². The van der Waals surface area contributed by atoms with E-state index in [0.717, 1.165) is 11.1 Å². The van der Waals surface area contributed by atoms with Crippen molar-refractivity contribution in [1.29, 1.82) is 0 Å². The molecular weight excluding hydrogens is 345 g/mol. The van der Waals surface area contributed by atoms with Crippen molar-refractivity contribution in [3.63, 3.8) is 0 Å². The SMILES string of the molecule is CCN(CC(=O)NCc1ccc(C)cc1)CC(=O)NCc1ccc(F)cc1. The first-order valence-electron chi connectivity index (χ1n) is 9.02. The molecule has 0 aromatic heterocycles. The van der Waals surface area contributed by atoms with E-state index >= 15 is 0 Å². The predicted octanol–water partition coefficient (Wildman–Crippen LogP) is 2.39. The standard InChI is InChI=1S/C21H26FN3O2/c1-3-25(14-20(26)23-12-17-6-4-16(2)5-7-17)15-21(27)24-13-18-8-10-19(22)11-9-18/h4-11H,3,12-15H2,1-2H3,(H,23,26)(H,24,27). The summed E-state index contributed by atoms with van der Waals surface area (Å²) in [5.74, 6) is -0.602. The van der Waals surface area contributed by atoms with E-state index in [4.69, 9.17) is 0 Å². The Hall–Kier alpha value is -2.73. The number of nitrogens with one attached hydrogen (secondary N) is 2. The molecule has 0 aliphatic rings. The normalized spacial score (nSPS) is 10.7. The van der Waals surface area contributed by atoms with E-state index < -0.39 is 0 Å². The summed E-state index contributed by atoms with van der Waals surface area (Å²) < 4.78 is 12.9. The fraction of sp³-hybridized carbons (Fsp3) is 0.333. The fourth-order valence-corrected chi connectivity index (χ4v) is 2.51. The molecule has 0 aliphatic carbocycles. The Morgan fingerprint density at radius 1 is 0.852 bits per heavy atom. The van der Waals surface area contributed by atoms with Crippen molar-refractivity contribution in [2.75, 3.05) is 19.6 Å². The van der Waals surface area contributed by atoms with Gasteiger partial charge in [0.15, 0.2) is 0 Å². The van der Waals surface area contributed by atoms with Crippen LogP contribution in [0.5, 0.6) is 0 Å². The summed E-state index contributed by atoms with van der Waals surface area (Å²) in [4.78, 5) is 26.0. The number of aryl methyl sites for hydroxylation is 1. The molecule has 0 atom stereocenters. The first kappa shape index (κ1) is 20.6. The van der Waals surface area contributed by atoms with Crippen LogP contribution in [0.4, 0.5) is 4.39 Å². The summed E-state index contributed by atoms with van der Waals surface area (Å²) >= 11 is 0. The number of nitrogens with zero attached hydrogens (tertiary/aromatic N) is 1. The van der Waals surface area contributed by atoms with E-state index in [9.17, 15) is 14.0 Å². The third kappa shape index (κ3) is 7.58. The molecule has 5 nitrogen and oxygen atoms in total. The van der Waals surface area contributed by atoms with Crippen molar-refractivity contribution in [3.05, 3.63) is 71.0 Å². The number of carbonyl (C=O) groups excluding carboxylic acids is 2. The zero-order valence-corrected chi connectivity index (χ0v) is 15.8. The molecule has 0 saturated heterocycles. The van der Waals surface area contributed by atoms with Crippen LogP contribution < -0.4 is 10.6 Å². The molecular formula is C21H26FN3O2. The topological polar surface area (TPSA) is 61.4 Å². The minimum absolute atomic E-state index is 0.122. The smallest absolute Gasteiger partial charge is 0.234 e. The molecule has 2 amide bonds. The summed E-state index contributed by atoms with van der Waals surface area (Å²) in [6.07, 6.45) is 0. The third-order valence-corrected chi connectivity index (χ3v) is 4.19. The van der Waals surface area contributed by atoms with Crippen LogP contribution in [0, 0.1) is 12.7 Å². The van der Waals surface area contributed by atoms with Crippen molar-refractivity contribution in [3.8, 4) is 0 Å². The molecule has 0 unspecified atom stereocenters. The van der Waals surface area contributed by atoms with Crippen molar-refractivity contribution in [2.24, 2.45) is 0 Å². The van der Waals surface area contributed by atoms with Crippen molar-refractivity contribution in [1.82, 2.24) is 15.5 Å². The van der Waals surface area contributed by atoms with Gasteiger partial charge in [0.05, 0.1) is 13.1 Å². The summed E-state index contributed by atoms with van der Waals surface area (Å²) in [7, 11) is 0. The Morgan fingerprint density at radius 3 is 1.74 bits per heavy atom. The highest BCUT2D eigenvalue weighted by atomic mass is 19.1. The zero-order chi connectivity index (χ0) is 19.6. The van der Waals surface area contributed by atoms with Crippen LogP contribution in [0.15, 0.2) is 48.5 Å². The Kier molecular flexibility index (Phi) is 7.95. The summed E-state index contributed by atoms with van der Waals surface area (Å²) in [6, 6.07) is 14.0. The third-order valence-electron chi connectivity index (χ3n) is 4.19. The molecule has 0 saturated carbocycles. The number of hydrogen-bond acceptors (Lipinski definition) is 3. The summed E-state index contributed by atoms with van der Waals surface area (Å²) in [5, 5.41) is 5.66. The minimum atomic E-state index is -0.307. The van der Waals surface area contributed by atoms with Crippen LogP contribution in [0.3, 0.4) is 0 Å². The second-order valence-corrected chi connectivity index (χ2v) is 6.47. The second kappa shape index (κ2) is 10.4. The van der Waals surface area contributed by atoms with Gasteiger partial charge in [-0.1, -0.05) is 48.9 Å². The number of benzene rings is 2. The van der Waals surface area contributed by atoms with Gasteiger partial charge in [0.1, 0.15) is 5.82 Å². The van der Waals surface area contributed by atoms with Gasteiger partial charge in [-0.15, -0.1) is 0 Å². The van der Waals surface area contributed by atoms with Gasteiger partial charge in [0, 0.05) is 13.1 Å². The van der Waals surface area contributed by atoms with Crippen LogP contribution in [-0.2, 0) is 22.7 Å². The predicted molar refractivity (Wildman–Crippen MR) is 103 cm³/mol. The fourth-order valence-electron chi connectivity index (χ4n) is 2.51.